The van der Waals surface area contributed by atoms with E-state index in [1.165, 1.54) is 4.90 Å². The highest BCUT2D eigenvalue weighted by molar-refractivity contribution is 6.51. The fourth-order valence-corrected chi connectivity index (χ4v) is 4.73. The molecule has 1 N–H and O–H groups in total. The zero-order valence-corrected chi connectivity index (χ0v) is 23.8. The molecule has 4 rings (SSSR count). The molecule has 40 heavy (non-hydrogen) atoms. The van der Waals surface area contributed by atoms with Crippen LogP contribution in [0.5, 0.6) is 17.2 Å². The number of carbonyl (C=O) groups excluding carboxylic acids is 2. The Morgan fingerprint density at radius 3 is 2.25 bits per heavy atom. The number of amides is 1. The maximum absolute atomic E-state index is 13.6. The monoisotopic (exact) mass is 544 g/mol. The van der Waals surface area contributed by atoms with Gasteiger partial charge in [0.2, 0.25) is 0 Å². The Morgan fingerprint density at radius 1 is 0.925 bits per heavy atom. The van der Waals surface area contributed by atoms with Crippen LogP contribution in [-0.2, 0) is 9.59 Å². The number of anilines is 2. The summed E-state index contributed by atoms with van der Waals surface area (Å²) in [4.78, 5) is 30.6. The second-order valence-electron chi connectivity index (χ2n) is 9.84. The first-order valence-corrected chi connectivity index (χ1v) is 13.4. The van der Waals surface area contributed by atoms with Gasteiger partial charge in [-0.05, 0) is 81.8 Å². The molecule has 3 aromatic carbocycles. The lowest BCUT2D eigenvalue weighted by atomic mass is 9.94. The normalized spacial score (nSPS) is 16.4. The molecular formula is C32H36N2O6. The van der Waals surface area contributed by atoms with E-state index in [0.717, 1.165) is 5.69 Å². The van der Waals surface area contributed by atoms with Gasteiger partial charge in [-0.15, -0.1) is 0 Å². The van der Waals surface area contributed by atoms with Gasteiger partial charge in [-0.3, -0.25) is 14.5 Å². The van der Waals surface area contributed by atoms with Gasteiger partial charge in [-0.25, -0.2) is 0 Å². The zero-order valence-electron chi connectivity index (χ0n) is 23.8. The van der Waals surface area contributed by atoms with Crippen LogP contribution < -0.4 is 24.0 Å². The number of Topliss-reactive ketones (excluding diaryl/α,β-unsaturated/α-hetero) is 1. The van der Waals surface area contributed by atoms with Gasteiger partial charge in [-0.1, -0.05) is 12.1 Å². The molecule has 0 bridgehead atoms. The number of rotatable bonds is 10. The van der Waals surface area contributed by atoms with E-state index < -0.39 is 17.7 Å². The first-order valence-electron chi connectivity index (χ1n) is 13.4. The number of ether oxygens (including phenoxy) is 3. The molecule has 0 saturated carbocycles. The third-order valence-corrected chi connectivity index (χ3v) is 6.45. The quantitative estimate of drug-likeness (QED) is 0.191. The van der Waals surface area contributed by atoms with Crippen LogP contribution in [-0.4, -0.2) is 50.2 Å². The average Bonchev–Trinajstić information content (AvgIpc) is 3.19. The zero-order chi connectivity index (χ0) is 29.0. The van der Waals surface area contributed by atoms with E-state index in [-0.39, 0.29) is 17.4 Å². The fourth-order valence-electron chi connectivity index (χ4n) is 4.73. The van der Waals surface area contributed by atoms with Gasteiger partial charge in [0, 0.05) is 31.5 Å². The molecule has 1 fully saturated rings. The molecule has 8 heteroatoms. The molecule has 1 aliphatic heterocycles. The van der Waals surface area contributed by atoms with E-state index in [9.17, 15) is 14.7 Å². The number of hydrogen-bond acceptors (Lipinski definition) is 7. The van der Waals surface area contributed by atoms with Gasteiger partial charge in [-0.2, -0.15) is 0 Å². The summed E-state index contributed by atoms with van der Waals surface area (Å²) in [5, 5.41) is 11.7. The third kappa shape index (κ3) is 5.76. The SMILES string of the molecule is CCOc1ccc(/C(O)=C2\C(=O)C(=O)N(c3ccc(N(C)C)cc3)C2c2cccc(OC(C)C)c2)c(OCC)c1. The van der Waals surface area contributed by atoms with Crippen LogP contribution in [0.25, 0.3) is 5.76 Å². The summed E-state index contributed by atoms with van der Waals surface area (Å²) < 4.78 is 17.3. The van der Waals surface area contributed by atoms with Crippen molar-refractivity contribution in [2.45, 2.75) is 39.8 Å². The first-order chi connectivity index (χ1) is 19.2. The van der Waals surface area contributed by atoms with Gasteiger partial charge in [0.1, 0.15) is 23.0 Å². The molecule has 0 radical (unpaired) electrons. The molecule has 1 unspecified atom stereocenters. The predicted molar refractivity (Wildman–Crippen MR) is 157 cm³/mol. The van der Waals surface area contributed by atoms with Gasteiger partial charge < -0.3 is 24.2 Å². The van der Waals surface area contributed by atoms with E-state index in [2.05, 4.69) is 0 Å². The standard InChI is InChI=1S/C32H36N2O6/c1-7-38-24-16-17-26(27(19-24)39-8-2)30(35)28-29(21-10-9-11-25(18-21)40-20(3)4)34(32(37)31(28)36)23-14-12-22(13-15-23)33(5)6/h9-20,29,35H,7-8H2,1-6H3/b30-28+. The summed E-state index contributed by atoms with van der Waals surface area (Å²) in [6.45, 7) is 8.34. The molecule has 8 nitrogen and oxygen atoms in total. The Balaban J connectivity index is 1.93. The van der Waals surface area contributed by atoms with Crippen LogP contribution in [0.1, 0.15) is 44.9 Å². The van der Waals surface area contributed by atoms with Crippen LogP contribution in [0.3, 0.4) is 0 Å². The minimum Gasteiger partial charge on any atom is -0.507 e. The highest BCUT2D eigenvalue weighted by atomic mass is 16.5. The highest BCUT2D eigenvalue weighted by Gasteiger charge is 2.47. The average molecular weight is 545 g/mol. The first kappa shape index (κ1) is 28.5. The third-order valence-electron chi connectivity index (χ3n) is 6.45. The Kier molecular flexibility index (Phi) is 8.67. The minimum absolute atomic E-state index is 0.0338. The molecule has 3 aromatic rings. The number of aliphatic hydroxyl groups is 1. The van der Waals surface area contributed by atoms with Crippen molar-refractivity contribution in [2.24, 2.45) is 0 Å². The van der Waals surface area contributed by atoms with Gasteiger partial charge >= 0.3 is 0 Å². The number of nitrogens with zero attached hydrogens (tertiary/aromatic N) is 2. The summed E-state index contributed by atoms with van der Waals surface area (Å²) in [7, 11) is 3.85. The molecule has 0 spiro atoms. The Hall–Kier alpha value is -4.46. The van der Waals surface area contributed by atoms with Crippen LogP contribution >= 0.6 is 0 Å². The number of carbonyl (C=O) groups is 2. The molecule has 0 aromatic heterocycles. The van der Waals surface area contributed by atoms with Crippen LogP contribution in [0, 0.1) is 0 Å². The maximum atomic E-state index is 13.6. The lowest BCUT2D eigenvalue weighted by molar-refractivity contribution is -0.132. The van der Waals surface area contributed by atoms with Gasteiger partial charge in [0.15, 0.2) is 0 Å². The molecular weight excluding hydrogens is 508 g/mol. The number of hydrogen-bond donors (Lipinski definition) is 1. The lowest BCUT2D eigenvalue weighted by Gasteiger charge is -2.26. The molecule has 1 saturated heterocycles. The van der Waals surface area contributed by atoms with Crippen molar-refractivity contribution in [3.05, 3.63) is 83.4 Å². The molecule has 1 aliphatic rings. The Bertz CT molecular complexity index is 1410. The van der Waals surface area contributed by atoms with Gasteiger partial charge in [0.05, 0.1) is 36.5 Å². The molecule has 1 heterocycles. The summed E-state index contributed by atoms with van der Waals surface area (Å²) in [5.41, 5.74) is 2.36. The smallest absolute Gasteiger partial charge is 0.300 e. The van der Waals surface area contributed by atoms with Crippen LogP contribution in [0.15, 0.2) is 72.3 Å². The molecule has 0 aliphatic carbocycles. The second kappa shape index (κ2) is 12.2. The van der Waals surface area contributed by atoms with Crippen molar-refractivity contribution in [1.29, 1.82) is 0 Å². The lowest BCUT2D eigenvalue weighted by Crippen LogP contribution is -2.29. The van der Waals surface area contributed by atoms with Crippen molar-refractivity contribution in [1.82, 2.24) is 0 Å². The van der Waals surface area contributed by atoms with Crippen molar-refractivity contribution >= 4 is 28.8 Å². The topological polar surface area (TPSA) is 88.5 Å². The Morgan fingerprint density at radius 2 is 1.62 bits per heavy atom. The van der Waals surface area contributed by atoms with E-state index in [1.807, 2.05) is 77.0 Å². The van der Waals surface area contributed by atoms with Gasteiger partial charge in [0.25, 0.3) is 11.7 Å². The Labute approximate surface area is 235 Å². The van der Waals surface area contributed by atoms with E-state index in [0.29, 0.717) is 47.3 Å². The summed E-state index contributed by atoms with van der Waals surface area (Å²) in [6, 6.07) is 18.7. The number of aliphatic hydroxyl groups excluding tert-OH is 1. The molecule has 210 valence electrons. The van der Waals surface area contributed by atoms with E-state index in [4.69, 9.17) is 14.2 Å². The van der Waals surface area contributed by atoms with E-state index >= 15 is 0 Å². The summed E-state index contributed by atoms with van der Waals surface area (Å²) in [6.07, 6.45) is -0.0715. The number of ketones is 1. The van der Waals surface area contributed by atoms with Crippen LogP contribution in [0.2, 0.25) is 0 Å². The maximum Gasteiger partial charge on any atom is 0.300 e. The van der Waals surface area contributed by atoms with Crippen molar-refractivity contribution in [3.63, 3.8) is 0 Å². The molecule has 1 atom stereocenters. The number of benzene rings is 3. The predicted octanol–water partition coefficient (Wildman–Crippen LogP) is 5.96. The van der Waals surface area contributed by atoms with E-state index in [1.54, 1.807) is 36.4 Å². The van der Waals surface area contributed by atoms with Crippen molar-refractivity contribution in [3.8, 4) is 17.2 Å². The minimum atomic E-state index is -0.901. The summed E-state index contributed by atoms with van der Waals surface area (Å²) in [5.74, 6) is -0.328. The van der Waals surface area contributed by atoms with Crippen molar-refractivity contribution in [2.75, 3.05) is 37.1 Å². The van der Waals surface area contributed by atoms with Crippen LogP contribution in [0.4, 0.5) is 11.4 Å². The molecule has 1 amide bonds. The largest absolute Gasteiger partial charge is 0.507 e. The highest BCUT2D eigenvalue weighted by Crippen LogP contribution is 2.44. The fraction of sp³-hybridized carbons (Fsp3) is 0.312. The summed E-state index contributed by atoms with van der Waals surface area (Å²) >= 11 is 0. The second-order valence-corrected chi connectivity index (χ2v) is 9.84. The van der Waals surface area contributed by atoms with Crippen molar-refractivity contribution < 1.29 is 28.9 Å².